The predicted molar refractivity (Wildman–Crippen MR) is 72.9 cm³/mol. The SMILES string of the molecule is CCC1C(=O)NCCN1C(=O)c1cccc([N+](=O)[O-])c1O. The summed E-state index contributed by atoms with van der Waals surface area (Å²) < 4.78 is 0. The van der Waals surface area contributed by atoms with Crippen LogP contribution in [0.3, 0.4) is 0 Å². The number of hydrogen-bond donors (Lipinski definition) is 2. The standard InChI is InChI=1S/C13H15N3O5/c1-2-9-12(18)14-6-7-15(9)13(19)8-4-3-5-10(11(8)17)16(20)21/h3-5,9,17H,2,6-7H2,1H3,(H,14,18). The number of nitrogens with one attached hydrogen (secondary N) is 1. The zero-order valence-electron chi connectivity index (χ0n) is 11.4. The maximum atomic E-state index is 12.5. The summed E-state index contributed by atoms with van der Waals surface area (Å²) in [7, 11) is 0. The van der Waals surface area contributed by atoms with E-state index in [-0.39, 0.29) is 11.5 Å². The summed E-state index contributed by atoms with van der Waals surface area (Å²) in [5.41, 5.74) is -0.701. The lowest BCUT2D eigenvalue weighted by Crippen LogP contribution is -2.56. The number of amides is 2. The average molecular weight is 293 g/mol. The highest BCUT2D eigenvalue weighted by atomic mass is 16.6. The lowest BCUT2D eigenvalue weighted by atomic mass is 10.1. The largest absolute Gasteiger partial charge is 0.502 e. The zero-order valence-corrected chi connectivity index (χ0v) is 11.4. The van der Waals surface area contributed by atoms with Crippen LogP contribution in [0.2, 0.25) is 0 Å². The van der Waals surface area contributed by atoms with E-state index in [1.165, 1.54) is 17.0 Å². The summed E-state index contributed by atoms with van der Waals surface area (Å²) in [5, 5.41) is 23.4. The number of piperazine rings is 1. The number of carbonyl (C=O) groups excluding carboxylic acids is 2. The molecule has 0 bridgehead atoms. The molecule has 0 saturated carbocycles. The number of benzene rings is 1. The Bertz CT molecular complexity index is 601. The van der Waals surface area contributed by atoms with Crippen molar-refractivity contribution in [2.24, 2.45) is 0 Å². The molecule has 21 heavy (non-hydrogen) atoms. The number of carbonyl (C=O) groups is 2. The van der Waals surface area contributed by atoms with Gasteiger partial charge in [0.1, 0.15) is 6.04 Å². The maximum absolute atomic E-state index is 12.5. The number of aromatic hydroxyl groups is 1. The smallest absolute Gasteiger partial charge is 0.311 e. The Labute approximate surface area is 120 Å². The van der Waals surface area contributed by atoms with E-state index in [1.54, 1.807) is 6.92 Å². The Morgan fingerprint density at radius 2 is 2.29 bits per heavy atom. The zero-order chi connectivity index (χ0) is 15.6. The van der Waals surface area contributed by atoms with Gasteiger partial charge in [0.2, 0.25) is 11.7 Å². The molecule has 1 fully saturated rings. The number of para-hydroxylation sites is 1. The fraction of sp³-hybridized carbons (Fsp3) is 0.385. The van der Waals surface area contributed by atoms with Crippen LogP contribution in [-0.2, 0) is 4.79 Å². The van der Waals surface area contributed by atoms with Crippen LogP contribution in [0.5, 0.6) is 5.75 Å². The van der Waals surface area contributed by atoms with Crippen molar-refractivity contribution >= 4 is 17.5 Å². The van der Waals surface area contributed by atoms with Gasteiger partial charge in [0.05, 0.1) is 10.5 Å². The molecule has 2 amide bonds. The van der Waals surface area contributed by atoms with Crippen LogP contribution >= 0.6 is 0 Å². The number of phenols is 1. The molecule has 1 aromatic carbocycles. The lowest BCUT2D eigenvalue weighted by molar-refractivity contribution is -0.385. The fourth-order valence-electron chi connectivity index (χ4n) is 2.37. The summed E-state index contributed by atoms with van der Waals surface area (Å²) in [6.07, 6.45) is 0.424. The molecular weight excluding hydrogens is 278 g/mol. The van der Waals surface area contributed by atoms with Gasteiger partial charge < -0.3 is 15.3 Å². The van der Waals surface area contributed by atoms with E-state index in [4.69, 9.17) is 0 Å². The minimum atomic E-state index is -0.758. The Morgan fingerprint density at radius 3 is 2.90 bits per heavy atom. The van der Waals surface area contributed by atoms with Gasteiger partial charge in [-0.2, -0.15) is 0 Å². The number of nitro groups is 1. The highest BCUT2D eigenvalue weighted by Crippen LogP contribution is 2.30. The Hall–Kier alpha value is -2.64. The molecule has 1 aliphatic heterocycles. The Morgan fingerprint density at radius 1 is 1.57 bits per heavy atom. The van der Waals surface area contributed by atoms with Crippen LogP contribution < -0.4 is 5.32 Å². The normalized spacial score (nSPS) is 18.2. The van der Waals surface area contributed by atoms with Crippen LogP contribution in [0.15, 0.2) is 18.2 Å². The molecule has 1 aliphatic rings. The van der Waals surface area contributed by atoms with Crippen LogP contribution in [0.4, 0.5) is 5.69 Å². The van der Waals surface area contributed by atoms with Crippen molar-refractivity contribution in [3.63, 3.8) is 0 Å². The summed E-state index contributed by atoms with van der Waals surface area (Å²) in [6.45, 7) is 2.38. The molecule has 8 heteroatoms. The van der Waals surface area contributed by atoms with Crippen LogP contribution in [-0.4, -0.2) is 45.9 Å². The van der Waals surface area contributed by atoms with Gasteiger partial charge in [0, 0.05) is 19.2 Å². The van der Waals surface area contributed by atoms with Gasteiger partial charge in [-0.15, -0.1) is 0 Å². The molecule has 0 aromatic heterocycles. The van der Waals surface area contributed by atoms with Crippen molar-refractivity contribution < 1.29 is 19.6 Å². The summed E-state index contributed by atoms with van der Waals surface area (Å²) >= 11 is 0. The number of nitrogens with zero attached hydrogens (tertiary/aromatic N) is 2. The number of phenolic OH excluding ortho intramolecular Hbond substituents is 1. The molecule has 112 valence electrons. The molecule has 0 spiro atoms. The number of nitro benzene ring substituents is 1. The molecular formula is C13H15N3O5. The van der Waals surface area contributed by atoms with Crippen molar-refractivity contribution in [3.8, 4) is 5.75 Å². The summed E-state index contributed by atoms with van der Waals surface area (Å²) in [4.78, 5) is 35.6. The van der Waals surface area contributed by atoms with Crippen molar-refractivity contribution in [2.45, 2.75) is 19.4 Å². The molecule has 2 N–H and O–H groups in total. The number of hydrogen-bond acceptors (Lipinski definition) is 5. The van der Waals surface area contributed by atoms with Gasteiger partial charge in [-0.1, -0.05) is 13.0 Å². The number of rotatable bonds is 3. The molecule has 1 heterocycles. The molecule has 8 nitrogen and oxygen atoms in total. The Balaban J connectivity index is 2.37. The first-order valence-electron chi connectivity index (χ1n) is 6.52. The van der Waals surface area contributed by atoms with Crippen molar-refractivity contribution in [1.29, 1.82) is 0 Å². The molecule has 1 aromatic rings. The van der Waals surface area contributed by atoms with Gasteiger partial charge in [-0.3, -0.25) is 19.7 Å². The second kappa shape index (κ2) is 5.78. The predicted octanol–water partition coefficient (Wildman–Crippen LogP) is 0.651. The highest BCUT2D eigenvalue weighted by Gasteiger charge is 2.34. The third-order valence-corrected chi connectivity index (χ3v) is 3.42. The van der Waals surface area contributed by atoms with Gasteiger partial charge >= 0.3 is 5.69 Å². The minimum absolute atomic E-state index is 0.169. The highest BCUT2D eigenvalue weighted by molar-refractivity contribution is 6.01. The monoisotopic (exact) mass is 293 g/mol. The Kier molecular flexibility index (Phi) is 4.06. The first kappa shape index (κ1) is 14.8. The van der Waals surface area contributed by atoms with Crippen molar-refractivity contribution in [2.75, 3.05) is 13.1 Å². The van der Waals surface area contributed by atoms with E-state index in [2.05, 4.69) is 5.32 Å². The molecule has 1 saturated heterocycles. The molecule has 1 unspecified atom stereocenters. The van der Waals surface area contributed by atoms with E-state index >= 15 is 0 Å². The van der Waals surface area contributed by atoms with Crippen LogP contribution in [0, 0.1) is 10.1 Å². The van der Waals surface area contributed by atoms with Gasteiger partial charge in [-0.25, -0.2) is 0 Å². The average Bonchev–Trinajstić information content (AvgIpc) is 2.46. The molecule has 2 rings (SSSR count). The second-order valence-corrected chi connectivity index (χ2v) is 4.64. The third kappa shape index (κ3) is 2.64. The second-order valence-electron chi connectivity index (χ2n) is 4.64. The molecule has 1 atom stereocenters. The van der Waals surface area contributed by atoms with Crippen molar-refractivity contribution in [3.05, 3.63) is 33.9 Å². The van der Waals surface area contributed by atoms with Crippen LogP contribution in [0.1, 0.15) is 23.7 Å². The molecule has 0 aliphatic carbocycles. The van der Waals surface area contributed by atoms with E-state index in [1.807, 2.05) is 0 Å². The maximum Gasteiger partial charge on any atom is 0.311 e. The fourth-order valence-corrected chi connectivity index (χ4v) is 2.37. The quantitative estimate of drug-likeness (QED) is 0.627. The van der Waals surface area contributed by atoms with E-state index in [0.717, 1.165) is 6.07 Å². The van der Waals surface area contributed by atoms with E-state index < -0.39 is 28.3 Å². The third-order valence-electron chi connectivity index (χ3n) is 3.42. The van der Waals surface area contributed by atoms with Crippen molar-refractivity contribution in [1.82, 2.24) is 10.2 Å². The summed E-state index contributed by atoms with van der Waals surface area (Å²) in [6, 6.07) is 3.12. The summed E-state index contributed by atoms with van der Waals surface area (Å²) in [5.74, 6) is -1.52. The van der Waals surface area contributed by atoms with E-state index in [9.17, 15) is 24.8 Å². The first-order valence-corrected chi connectivity index (χ1v) is 6.52. The first-order chi connectivity index (χ1) is 9.97. The van der Waals surface area contributed by atoms with Gasteiger partial charge in [-0.05, 0) is 12.5 Å². The topological polar surface area (TPSA) is 113 Å². The lowest BCUT2D eigenvalue weighted by Gasteiger charge is -2.34. The van der Waals surface area contributed by atoms with Gasteiger partial charge in [0.15, 0.2) is 0 Å². The van der Waals surface area contributed by atoms with Gasteiger partial charge in [0.25, 0.3) is 5.91 Å². The minimum Gasteiger partial charge on any atom is -0.502 e. The van der Waals surface area contributed by atoms with E-state index in [0.29, 0.717) is 19.5 Å². The molecule has 0 radical (unpaired) electrons. The van der Waals surface area contributed by atoms with Crippen LogP contribution in [0.25, 0.3) is 0 Å².